The number of aliphatic imine (C=N–C) groups is 1. The van der Waals surface area contributed by atoms with Crippen LogP contribution < -0.4 is 10.6 Å². The fourth-order valence-electron chi connectivity index (χ4n) is 2.77. The van der Waals surface area contributed by atoms with Crippen molar-refractivity contribution in [2.24, 2.45) is 4.99 Å². The Hall–Kier alpha value is -2.08. The Bertz CT molecular complexity index is 688. The molecule has 1 aliphatic carbocycles. The first-order valence-corrected chi connectivity index (χ1v) is 9.34. The molecule has 3 rings (SSSR count). The molecule has 2 aromatic rings. The van der Waals surface area contributed by atoms with Crippen molar-refractivity contribution in [3.63, 3.8) is 0 Å². The molecule has 0 unspecified atom stereocenters. The molecule has 0 aliphatic heterocycles. The Morgan fingerprint density at radius 1 is 1.38 bits per heavy atom. The number of nitrogens with one attached hydrogen (secondary N) is 2. The second kappa shape index (κ2) is 8.68. The van der Waals surface area contributed by atoms with Gasteiger partial charge >= 0.3 is 0 Å². The summed E-state index contributed by atoms with van der Waals surface area (Å²) >= 11 is 1.62. The van der Waals surface area contributed by atoms with Gasteiger partial charge in [-0.1, -0.05) is 17.7 Å². The van der Waals surface area contributed by atoms with Gasteiger partial charge in [0.15, 0.2) is 5.96 Å². The maximum absolute atomic E-state index is 5.53. The molecule has 0 saturated carbocycles. The van der Waals surface area contributed by atoms with Gasteiger partial charge in [0.2, 0.25) is 5.89 Å². The van der Waals surface area contributed by atoms with Gasteiger partial charge in [0.05, 0.1) is 17.1 Å². The average Bonchev–Trinajstić information content (AvgIpc) is 3.30. The van der Waals surface area contributed by atoms with Gasteiger partial charge in [0.1, 0.15) is 6.26 Å². The van der Waals surface area contributed by atoms with Crippen molar-refractivity contribution in [3.05, 3.63) is 41.1 Å². The summed E-state index contributed by atoms with van der Waals surface area (Å²) in [5, 5.41) is 8.66. The largest absolute Gasteiger partial charge is 0.443 e. The normalized spacial score (nSPS) is 15.2. The molecule has 6 heteroatoms. The number of oxazole rings is 1. The number of thiophene rings is 1. The standard InChI is InChI=1S/C18H24N4OS/c1-19-18(20-10-9-14-6-3-2-4-7-14)21-12-15-13-23-17(22-15)16-8-5-11-24-16/h5-6,8,11,13H,2-4,7,9-10,12H2,1H3,(H2,19,20,21). The third-order valence-corrected chi connectivity index (χ3v) is 4.93. The van der Waals surface area contributed by atoms with E-state index < -0.39 is 0 Å². The molecule has 0 radical (unpaired) electrons. The second-order valence-electron chi connectivity index (χ2n) is 5.83. The van der Waals surface area contributed by atoms with Gasteiger partial charge in [0.25, 0.3) is 0 Å². The van der Waals surface area contributed by atoms with Crippen LogP contribution in [-0.4, -0.2) is 24.5 Å². The lowest BCUT2D eigenvalue weighted by Gasteiger charge is -2.14. The Morgan fingerprint density at radius 2 is 2.33 bits per heavy atom. The quantitative estimate of drug-likeness (QED) is 0.473. The minimum absolute atomic E-state index is 0.594. The molecule has 24 heavy (non-hydrogen) atoms. The number of allylic oxidation sites excluding steroid dienone is 1. The number of guanidine groups is 1. The van der Waals surface area contributed by atoms with E-state index in [2.05, 4.69) is 26.7 Å². The van der Waals surface area contributed by atoms with Crippen molar-refractivity contribution in [2.45, 2.75) is 38.6 Å². The van der Waals surface area contributed by atoms with Gasteiger partial charge in [-0.15, -0.1) is 11.3 Å². The topological polar surface area (TPSA) is 62.5 Å². The summed E-state index contributed by atoms with van der Waals surface area (Å²) in [5.74, 6) is 1.47. The van der Waals surface area contributed by atoms with E-state index in [1.807, 2.05) is 17.5 Å². The van der Waals surface area contributed by atoms with Crippen LogP contribution in [0.15, 0.2) is 44.8 Å². The number of nitrogens with zero attached hydrogens (tertiary/aromatic N) is 2. The Labute approximate surface area is 146 Å². The predicted octanol–water partition coefficient (Wildman–Crippen LogP) is 3.96. The monoisotopic (exact) mass is 344 g/mol. The molecule has 2 heterocycles. The van der Waals surface area contributed by atoms with E-state index in [4.69, 9.17) is 4.42 Å². The number of hydrogen-bond acceptors (Lipinski definition) is 4. The molecule has 0 saturated heterocycles. The van der Waals surface area contributed by atoms with Gasteiger partial charge in [-0.3, -0.25) is 4.99 Å². The molecule has 5 nitrogen and oxygen atoms in total. The van der Waals surface area contributed by atoms with Crippen molar-refractivity contribution < 1.29 is 4.42 Å². The minimum atomic E-state index is 0.594. The van der Waals surface area contributed by atoms with E-state index in [-0.39, 0.29) is 0 Å². The summed E-state index contributed by atoms with van der Waals surface area (Å²) < 4.78 is 5.53. The summed E-state index contributed by atoms with van der Waals surface area (Å²) in [7, 11) is 1.79. The zero-order valence-corrected chi connectivity index (χ0v) is 14.9. The van der Waals surface area contributed by atoms with Gasteiger partial charge in [-0.25, -0.2) is 4.98 Å². The summed E-state index contributed by atoms with van der Waals surface area (Å²) in [6.07, 6.45) is 10.3. The lowest BCUT2D eigenvalue weighted by molar-refractivity contribution is 0.573. The lowest BCUT2D eigenvalue weighted by Crippen LogP contribution is -2.37. The van der Waals surface area contributed by atoms with Crippen molar-refractivity contribution >= 4 is 17.3 Å². The van der Waals surface area contributed by atoms with Gasteiger partial charge < -0.3 is 15.1 Å². The highest BCUT2D eigenvalue weighted by molar-refractivity contribution is 7.13. The highest BCUT2D eigenvalue weighted by Crippen LogP contribution is 2.23. The van der Waals surface area contributed by atoms with Gasteiger partial charge in [-0.2, -0.15) is 0 Å². The Kier molecular flexibility index (Phi) is 6.07. The number of hydrogen-bond donors (Lipinski definition) is 2. The van der Waals surface area contributed by atoms with Crippen LogP contribution in [0.25, 0.3) is 10.8 Å². The zero-order chi connectivity index (χ0) is 16.6. The van der Waals surface area contributed by atoms with Crippen molar-refractivity contribution in [1.82, 2.24) is 15.6 Å². The van der Waals surface area contributed by atoms with Crippen molar-refractivity contribution in [3.8, 4) is 10.8 Å². The molecule has 0 atom stereocenters. The summed E-state index contributed by atoms with van der Waals surface area (Å²) in [4.78, 5) is 9.81. The molecular weight excluding hydrogens is 320 g/mol. The summed E-state index contributed by atoms with van der Waals surface area (Å²) in [6, 6.07) is 4.00. The van der Waals surface area contributed by atoms with Crippen molar-refractivity contribution in [2.75, 3.05) is 13.6 Å². The molecule has 2 aromatic heterocycles. The van der Waals surface area contributed by atoms with Crippen LogP contribution in [-0.2, 0) is 6.54 Å². The minimum Gasteiger partial charge on any atom is -0.443 e. The van der Waals surface area contributed by atoms with E-state index in [0.29, 0.717) is 12.4 Å². The van der Waals surface area contributed by atoms with E-state index in [9.17, 15) is 0 Å². The third-order valence-electron chi connectivity index (χ3n) is 4.07. The highest BCUT2D eigenvalue weighted by Gasteiger charge is 2.08. The fourth-order valence-corrected chi connectivity index (χ4v) is 3.43. The Morgan fingerprint density at radius 3 is 3.08 bits per heavy atom. The van der Waals surface area contributed by atoms with Gasteiger partial charge in [-0.05, 0) is 43.6 Å². The second-order valence-corrected chi connectivity index (χ2v) is 6.78. The molecular formula is C18H24N4OS. The first-order valence-electron chi connectivity index (χ1n) is 8.46. The summed E-state index contributed by atoms with van der Waals surface area (Å²) in [5.41, 5.74) is 2.44. The first kappa shape index (κ1) is 16.8. The van der Waals surface area contributed by atoms with E-state index >= 15 is 0 Å². The molecule has 0 bridgehead atoms. The molecule has 0 amide bonds. The van der Waals surface area contributed by atoms with Crippen LogP contribution in [0, 0.1) is 0 Å². The van der Waals surface area contributed by atoms with Crippen LogP contribution in [0.4, 0.5) is 0 Å². The zero-order valence-electron chi connectivity index (χ0n) is 14.0. The molecule has 1 aliphatic rings. The third kappa shape index (κ3) is 4.71. The van der Waals surface area contributed by atoms with Crippen molar-refractivity contribution in [1.29, 1.82) is 0 Å². The molecule has 0 aromatic carbocycles. The van der Waals surface area contributed by atoms with Gasteiger partial charge in [0, 0.05) is 13.6 Å². The maximum Gasteiger partial charge on any atom is 0.236 e. The molecule has 0 fully saturated rings. The highest BCUT2D eigenvalue weighted by atomic mass is 32.1. The lowest BCUT2D eigenvalue weighted by atomic mass is 9.97. The smallest absolute Gasteiger partial charge is 0.236 e. The van der Waals surface area contributed by atoms with Crippen LogP contribution in [0.5, 0.6) is 0 Å². The molecule has 2 N–H and O–H groups in total. The Balaban J connectivity index is 1.43. The predicted molar refractivity (Wildman–Crippen MR) is 99.2 cm³/mol. The maximum atomic E-state index is 5.53. The van der Waals surface area contributed by atoms with Crippen LogP contribution in [0.3, 0.4) is 0 Å². The van der Waals surface area contributed by atoms with Crippen LogP contribution >= 0.6 is 11.3 Å². The van der Waals surface area contributed by atoms with E-state index in [1.165, 1.54) is 25.7 Å². The SMILES string of the molecule is CN=C(NCCC1=CCCCC1)NCc1coc(-c2cccs2)n1. The summed E-state index contributed by atoms with van der Waals surface area (Å²) in [6.45, 7) is 1.50. The molecule has 128 valence electrons. The number of aromatic nitrogens is 1. The van der Waals surface area contributed by atoms with Crippen LogP contribution in [0.1, 0.15) is 37.8 Å². The van der Waals surface area contributed by atoms with E-state index in [0.717, 1.165) is 29.5 Å². The first-order chi connectivity index (χ1) is 11.8. The van der Waals surface area contributed by atoms with E-state index in [1.54, 1.807) is 30.2 Å². The molecule has 0 spiro atoms. The average molecular weight is 344 g/mol. The van der Waals surface area contributed by atoms with Crippen LogP contribution in [0.2, 0.25) is 0 Å². The fraction of sp³-hybridized carbons (Fsp3) is 0.444. The number of rotatable bonds is 6.